The Morgan fingerprint density at radius 3 is 2.31 bits per heavy atom. The molecule has 0 aliphatic heterocycles. The highest BCUT2D eigenvalue weighted by atomic mass is 35.5. The van der Waals surface area contributed by atoms with Crippen LogP contribution in [0, 0.1) is 5.82 Å². The molecule has 1 nitrogen and oxygen atoms in total. The summed E-state index contributed by atoms with van der Waals surface area (Å²) in [5.74, 6) is -0.754. The molecule has 0 amide bonds. The minimum Gasteiger partial charge on any atom is -0.321 e. The highest BCUT2D eigenvalue weighted by Crippen LogP contribution is 2.34. The topological polar surface area (TPSA) is 26.0 Å². The number of benzene rings is 1. The van der Waals surface area contributed by atoms with Gasteiger partial charge < -0.3 is 5.73 Å². The van der Waals surface area contributed by atoms with E-state index >= 15 is 0 Å². The van der Waals surface area contributed by atoms with Gasteiger partial charge in [-0.15, -0.1) is 19.0 Å². The van der Waals surface area contributed by atoms with Crippen LogP contribution in [-0.4, -0.2) is 0 Å². The van der Waals surface area contributed by atoms with Crippen LogP contribution < -0.4 is 5.73 Å². The van der Waals surface area contributed by atoms with Gasteiger partial charge in [0, 0.05) is 6.04 Å². The van der Waals surface area contributed by atoms with Gasteiger partial charge in [0.1, 0.15) is 5.82 Å². The average Bonchev–Trinajstić information content (AvgIpc) is 2.14. The minimum absolute atomic E-state index is 0. The molecule has 16 heavy (non-hydrogen) atoms. The van der Waals surface area contributed by atoms with Gasteiger partial charge >= 0.3 is 6.18 Å². The van der Waals surface area contributed by atoms with Crippen LogP contribution in [-0.2, 0) is 6.18 Å². The van der Waals surface area contributed by atoms with Gasteiger partial charge in [-0.05, 0) is 23.8 Å². The Morgan fingerprint density at radius 1 is 1.31 bits per heavy atom. The van der Waals surface area contributed by atoms with E-state index in [9.17, 15) is 17.6 Å². The lowest BCUT2D eigenvalue weighted by Crippen LogP contribution is -2.16. The predicted molar refractivity (Wildman–Crippen MR) is 55.8 cm³/mol. The lowest BCUT2D eigenvalue weighted by molar-refractivity contribution is -0.138. The normalized spacial score (nSPS) is 12.8. The van der Waals surface area contributed by atoms with E-state index in [1.807, 2.05) is 0 Å². The SMILES string of the molecule is C=C[C@H](N)c1cc(F)ccc1C(F)(F)F.Cl. The molecule has 2 N–H and O–H groups in total. The molecule has 0 spiro atoms. The molecule has 6 heteroatoms. The summed E-state index contributed by atoms with van der Waals surface area (Å²) < 4.78 is 50.2. The maximum absolute atomic E-state index is 12.8. The van der Waals surface area contributed by atoms with Crippen LogP contribution in [0.15, 0.2) is 30.9 Å². The molecule has 0 fully saturated rings. The van der Waals surface area contributed by atoms with E-state index in [1.165, 1.54) is 0 Å². The fraction of sp³-hybridized carbons (Fsp3) is 0.200. The second-order valence-corrected chi connectivity index (χ2v) is 2.99. The average molecular weight is 256 g/mol. The summed E-state index contributed by atoms with van der Waals surface area (Å²) in [6.45, 7) is 3.28. The van der Waals surface area contributed by atoms with Gasteiger partial charge in [-0.25, -0.2) is 4.39 Å². The van der Waals surface area contributed by atoms with E-state index in [1.54, 1.807) is 0 Å². The molecule has 90 valence electrons. The Labute approximate surface area is 96.4 Å². The van der Waals surface area contributed by atoms with Gasteiger partial charge in [0.2, 0.25) is 0 Å². The number of rotatable bonds is 2. The summed E-state index contributed by atoms with van der Waals surface area (Å²) in [7, 11) is 0. The van der Waals surface area contributed by atoms with Crippen molar-refractivity contribution in [2.24, 2.45) is 5.73 Å². The molecule has 1 aromatic carbocycles. The van der Waals surface area contributed by atoms with E-state index in [0.717, 1.165) is 18.2 Å². The lowest BCUT2D eigenvalue weighted by Gasteiger charge is -2.15. The van der Waals surface area contributed by atoms with Crippen molar-refractivity contribution in [2.75, 3.05) is 0 Å². The van der Waals surface area contributed by atoms with Crippen LogP contribution in [0.3, 0.4) is 0 Å². The van der Waals surface area contributed by atoms with Crippen LogP contribution in [0.25, 0.3) is 0 Å². The smallest absolute Gasteiger partial charge is 0.321 e. The first-order valence-electron chi connectivity index (χ1n) is 4.11. The van der Waals surface area contributed by atoms with E-state index in [4.69, 9.17) is 5.73 Å². The third-order valence-electron chi connectivity index (χ3n) is 1.93. The quantitative estimate of drug-likeness (QED) is 0.636. The molecule has 1 atom stereocenters. The van der Waals surface area contributed by atoms with E-state index in [-0.39, 0.29) is 18.0 Å². The van der Waals surface area contributed by atoms with Crippen LogP contribution in [0.1, 0.15) is 17.2 Å². The minimum atomic E-state index is -4.54. The van der Waals surface area contributed by atoms with Crippen LogP contribution in [0.4, 0.5) is 17.6 Å². The van der Waals surface area contributed by atoms with Crippen molar-refractivity contribution < 1.29 is 17.6 Å². The zero-order chi connectivity index (χ0) is 11.6. The molecule has 0 aliphatic carbocycles. The zero-order valence-corrected chi connectivity index (χ0v) is 8.91. The van der Waals surface area contributed by atoms with Crippen molar-refractivity contribution in [3.63, 3.8) is 0 Å². The fourth-order valence-electron chi connectivity index (χ4n) is 1.19. The maximum Gasteiger partial charge on any atom is 0.416 e. The Hall–Kier alpha value is -1.07. The molecule has 0 bridgehead atoms. The molecule has 0 saturated heterocycles. The van der Waals surface area contributed by atoms with Gasteiger partial charge in [-0.1, -0.05) is 6.08 Å². The van der Waals surface area contributed by atoms with Gasteiger partial charge in [-0.3, -0.25) is 0 Å². The first kappa shape index (κ1) is 14.9. The molecule has 0 saturated carbocycles. The fourth-order valence-corrected chi connectivity index (χ4v) is 1.19. The van der Waals surface area contributed by atoms with Crippen LogP contribution >= 0.6 is 12.4 Å². The third-order valence-corrected chi connectivity index (χ3v) is 1.93. The first-order chi connectivity index (χ1) is 6.86. The molecule has 0 aromatic heterocycles. The molecule has 0 aliphatic rings. The number of hydrogen-bond donors (Lipinski definition) is 1. The summed E-state index contributed by atoms with van der Waals surface area (Å²) in [6.07, 6.45) is -3.41. The van der Waals surface area contributed by atoms with Crippen molar-refractivity contribution in [2.45, 2.75) is 12.2 Å². The Balaban J connectivity index is 0.00000225. The zero-order valence-electron chi connectivity index (χ0n) is 8.09. The molecular formula is C10H10ClF4N. The molecule has 0 radical (unpaired) electrons. The largest absolute Gasteiger partial charge is 0.416 e. The van der Waals surface area contributed by atoms with Crippen molar-refractivity contribution in [3.05, 3.63) is 47.8 Å². The van der Waals surface area contributed by atoms with E-state index in [0.29, 0.717) is 6.07 Å². The molecule has 1 rings (SSSR count). The van der Waals surface area contributed by atoms with Crippen LogP contribution in [0.5, 0.6) is 0 Å². The number of alkyl halides is 3. The first-order valence-corrected chi connectivity index (χ1v) is 4.11. The highest BCUT2D eigenvalue weighted by molar-refractivity contribution is 5.85. The van der Waals surface area contributed by atoms with Crippen molar-refractivity contribution in [1.82, 2.24) is 0 Å². The Bertz CT molecular complexity index is 376. The predicted octanol–water partition coefficient (Wildman–Crippen LogP) is 3.45. The molecular weight excluding hydrogens is 246 g/mol. The number of hydrogen-bond acceptors (Lipinski definition) is 1. The van der Waals surface area contributed by atoms with Gasteiger partial charge in [0.05, 0.1) is 5.56 Å². The second-order valence-electron chi connectivity index (χ2n) is 2.99. The summed E-state index contributed by atoms with van der Waals surface area (Å²) in [5, 5.41) is 0. The van der Waals surface area contributed by atoms with Gasteiger partial charge in [-0.2, -0.15) is 13.2 Å². The molecule has 1 aromatic rings. The highest BCUT2D eigenvalue weighted by Gasteiger charge is 2.34. The van der Waals surface area contributed by atoms with Gasteiger partial charge in [0.15, 0.2) is 0 Å². The summed E-state index contributed by atoms with van der Waals surface area (Å²) in [5.41, 5.74) is 4.13. The van der Waals surface area contributed by atoms with Crippen LogP contribution in [0.2, 0.25) is 0 Å². The summed E-state index contributed by atoms with van der Waals surface area (Å²) in [4.78, 5) is 0. The summed E-state index contributed by atoms with van der Waals surface area (Å²) in [6, 6.07) is 1.17. The third kappa shape index (κ3) is 3.21. The lowest BCUT2D eigenvalue weighted by atomic mass is 10.0. The Kier molecular flexibility index (Phi) is 4.96. The maximum atomic E-state index is 12.8. The number of halogens is 5. The second kappa shape index (κ2) is 5.32. The van der Waals surface area contributed by atoms with Crippen molar-refractivity contribution in [3.8, 4) is 0 Å². The summed E-state index contributed by atoms with van der Waals surface area (Å²) >= 11 is 0. The monoisotopic (exact) mass is 255 g/mol. The Morgan fingerprint density at radius 2 is 1.88 bits per heavy atom. The van der Waals surface area contributed by atoms with Crippen molar-refractivity contribution >= 4 is 12.4 Å². The van der Waals surface area contributed by atoms with E-state index < -0.39 is 23.6 Å². The molecule has 0 heterocycles. The molecule has 0 unspecified atom stereocenters. The van der Waals surface area contributed by atoms with E-state index in [2.05, 4.69) is 6.58 Å². The van der Waals surface area contributed by atoms with Crippen molar-refractivity contribution in [1.29, 1.82) is 0 Å². The number of nitrogens with two attached hydrogens (primary N) is 1. The van der Waals surface area contributed by atoms with Gasteiger partial charge in [0.25, 0.3) is 0 Å². The standard InChI is InChI=1S/C10H9F4N.ClH/c1-2-9(15)7-5-6(11)3-4-8(7)10(12,13)14;/h2-5,9H,1,15H2;1H/t9-;/m0./s1.